The van der Waals surface area contributed by atoms with Crippen LogP contribution in [0.1, 0.15) is 23.0 Å². The lowest BCUT2D eigenvalue weighted by Gasteiger charge is -2.12. The highest BCUT2D eigenvalue weighted by Crippen LogP contribution is 2.34. The fraction of sp³-hybridized carbons (Fsp3) is 0.0870. The van der Waals surface area contributed by atoms with Crippen molar-refractivity contribution in [3.05, 3.63) is 93.1 Å². The number of thioether (sulfide) groups is 1. The SMILES string of the molecule is CCN1C(=O)C(=Cc2cccn2-c2cccc([N+](=O)[O-])c2)SC1=Nc1ccc(C(=O)O)cc1. The van der Waals surface area contributed by atoms with Crippen LogP contribution in [0.5, 0.6) is 0 Å². The molecule has 9 nitrogen and oxygen atoms in total. The number of amidine groups is 1. The van der Waals surface area contributed by atoms with Crippen molar-refractivity contribution < 1.29 is 19.6 Å². The van der Waals surface area contributed by atoms with Crippen LogP contribution in [0.15, 0.2) is 76.8 Å². The molecular formula is C23H18N4O5S. The number of nitro benzene ring substituents is 1. The third-order valence-electron chi connectivity index (χ3n) is 4.92. The molecule has 1 aliphatic heterocycles. The van der Waals surface area contributed by atoms with Crippen LogP contribution in [-0.4, -0.2) is 43.1 Å². The first-order valence-corrected chi connectivity index (χ1v) is 10.7. The van der Waals surface area contributed by atoms with Gasteiger partial charge in [0, 0.05) is 30.6 Å². The lowest BCUT2D eigenvalue weighted by atomic mass is 10.2. The number of nitro groups is 1. The Bertz CT molecular complexity index is 1310. The lowest BCUT2D eigenvalue weighted by Crippen LogP contribution is -2.28. The average Bonchev–Trinajstić information content (AvgIpc) is 3.38. The molecule has 33 heavy (non-hydrogen) atoms. The summed E-state index contributed by atoms with van der Waals surface area (Å²) in [6.45, 7) is 2.26. The number of carboxylic acid groups (broad SMARTS) is 1. The summed E-state index contributed by atoms with van der Waals surface area (Å²) in [5.41, 5.74) is 1.97. The molecule has 0 aliphatic carbocycles. The van der Waals surface area contributed by atoms with E-state index in [2.05, 4.69) is 4.99 Å². The van der Waals surface area contributed by atoms with Crippen molar-refractivity contribution in [2.24, 2.45) is 4.99 Å². The quantitative estimate of drug-likeness (QED) is 0.322. The molecule has 0 bridgehead atoms. The number of rotatable bonds is 6. The Morgan fingerprint density at radius 1 is 1.18 bits per heavy atom. The first kappa shape index (κ1) is 22.0. The largest absolute Gasteiger partial charge is 0.478 e. The van der Waals surface area contributed by atoms with Crippen molar-refractivity contribution in [1.29, 1.82) is 0 Å². The van der Waals surface area contributed by atoms with Gasteiger partial charge in [-0.05, 0) is 67.2 Å². The molecule has 3 aromatic rings. The van der Waals surface area contributed by atoms with E-state index in [0.717, 1.165) is 0 Å². The number of nitrogens with zero attached hydrogens (tertiary/aromatic N) is 4. The van der Waals surface area contributed by atoms with Crippen LogP contribution in [0.4, 0.5) is 11.4 Å². The van der Waals surface area contributed by atoms with E-state index in [1.54, 1.807) is 52.1 Å². The van der Waals surface area contributed by atoms with Crippen LogP contribution in [0.2, 0.25) is 0 Å². The molecule has 0 atom stereocenters. The van der Waals surface area contributed by atoms with Crippen molar-refractivity contribution in [2.45, 2.75) is 6.92 Å². The molecule has 0 spiro atoms. The zero-order valence-electron chi connectivity index (χ0n) is 17.4. The number of benzene rings is 2. The van der Waals surface area contributed by atoms with Crippen molar-refractivity contribution in [3.63, 3.8) is 0 Å². The van der Waals surface area contributed by atoms with Gasteiger partial charge in [0.1, 0.15) is 0 Å². The van der Waals surface area contributed by atoms with Gasteiger partial charge in [-0.2, -0.15) is 0 Å². The molecule has 0 unspecified atom stereocenters. The highest BCUT2D eigenvalue weighted by atomic mass is 32.2. The number of aromatic nitrogens is 1. The summed E-state index contributed by atoms with van der Waals surface area (Å²) in [4.78, 5) is 41.2. The van der Waals surface area contributed by atoms with E-state index in [1.807, 2.05) is 13.0 Å². The smallest absolute Gasteiger partial charge is 0.335 e. The predicted octanol–water partition coefficient (Wildman–Crippen LogP) is 4.71. The summed E-state index contributed by atoms with van der Waals surface area (Å²) < 4.78 is 1.77. The maximum absolute atomic E-state index is 13.0. The molecule has 1 saturated heterocycles. The van der Waals surface area contributed by atoms with Crippen molar-refractivity contribution in [2.75, 3.05) is 6.54 Å². The van der Waals surface area contributed by atoms with Gasteiger partial charge in [-0.1, -0.05) is 6.07 Å². The second-order valence-electron chi connectivity index (χ2n) is 6.99. The van der Waals surface area contributed by atoms with Gasteiger partial charge in [0.15, 0.2) is 5.17 Å². The number of carbonyl (C=O) groups excluding carboxylic acids is 1. The number of hydrogen-bond donors (Lipinski definition) is 1. The molecule has 1 fully saturated rings. The summed E-state index contributed by atoms with van der Waals surface area (Å²) in [5.74, 6) is -1.22. The third kappa shape index (κ3) is 4.55. The summed E-state index contributed by atoms with van der Waals surface area (Å²) in [7, 11) is 0. The number of carbonyl (C=O) groups is 2. The summed E-state index contributed by atoms with van der Waals surface area (Å²) >= 11 is 1.22. The Morgan fingerprint density at radius 3 is 2.61 bits per heavy atom. The molecule has 1 N–H and O–H groups in total. The minimum Gasteiger partial charge on any atom is -0.478 e. The number of likely N-dealkylation sites (N-methyl/N-ethyl adjacent to an activating group) is 1. The molecule has 1 aromatic heterocycles. The van der Waals surface area contributed by atoms with Crippen LogP contribution >= 0.6 is 11.8 Å². The van der Waals surface area contributed by atoms with Crippen LogP contribution in [0, 0.1) is 10.1 Å². The molecule has 166 valence electrons. The third-order valence-corrected chi connectivity index (χ3v) is 5.93. The Hall–Kier alpha value is -4.18. The molecule has 1 aliphatic rings. The normalized spacial score (nSPS) is 16.0. The van der Waals surface area contributed by atoms with Crippen molar-refractivity contribution >= 4 is 46.3 Å². The number of aliphatic imine (C=N–C) groups is 1. The van der Waals surface area contributed by atoms with E-state index in [4.69, 9.17) is 5.11 Å². The van der Waals surface area contributed by atoms with E-state index in [-0.39, 0.29) is 17.2 Å². The molecule has 1 amide bonds. The zero-order valence-corrected chi connectivity index (χ0v) is 18.2. The van der Waals surface area contributed by atoms with E-state index >= 15 is 0 Å². The fourth-order valence-electron chi connectivity index (χ4n) is 3.30. The van der Waals surface area contributed by atoms with E-state index < -0.39 is 10.9 Å². The summed E-state index contributed by atoms with van der Waals surface area (Å²) in [6.07, 6.45) is 3.50. The second-order valence-corrected chi connectivity index (χ2v) is 8.00. The summed E-state index contributed by atoms with van der Waals surface area (Å²) in [6, 6.07) is 16.0. The van der Waals surface area contributed by atoms with Gasteiger partial charge < -0.3 is 9.67 Å². The first-order valence-electron chi connectivity index (χ1n) is 9.93. The van der Waals surface area contributed by atoms with Crippen LogP contribution in [0.25, 0.3) is 11.8 Å². The number of amides is 1. The van der Waals surface area contributed by atoms with Gasteiger partial charge in [0.05, 0.1) is 26.8 Å². The Balaban J connectivity index is 1.66. The molecule has 0 radical (unpaired) electrons. The minimum absolute atomic E-state index is 0.0217. The van der Waals surface area contributed by atoms with E-state index in [9.17, 15) is 19.7 Å². The Labute approximate surface area is 192 Å². The van der Waals surface area contributed by atoms with Gasteiger partial charge >= 0.3 is 5.97 Å². The van der Waals surface area contributed by atoms with Gasteiger partial charge in [-0.25, -0.2) is 9.79 Å². The van der Waals surface area contributed by atoms with Gasteiger partial charge in [0.2, 0.25) is 0 Å². The molecular weight excluding hydrogens is 444 g/mol. The molecule has 4 rings (SSSR count). The van der Waals surface area contributed by atoms with E-state index in [0.29, 0.717) is 33.7 Å². The maximum Gasteiger partial charge on any atom is 0.335 e. The van der Waals surface area contributed by atoms with Crippen LogP contribution in [0.3, 0.4) is 0 Å². The average molecular weight is 462 g/mol. The zero-order chi connectivity index (χ0) is 23.5. The van der Waals surface area contributed by atoms with Crippen LogP contribution in [-0.2, 0) is 4.79 Å². The molecule has 2 heterocycles. The minimum atomic E-state index is -1.02. The van der Waals surface area contributed by atoms with Crippen LogP contribution < -0.4 is 0 Å². The highest BCUT2D eigenvalue weighted by Gasteiger charge is 2.32. The second kappa shape index (κ2) is 9.13. The van der Waals surface area contributed by atoms with Gasteiger partial charge in [-0.3, -0.25) is 19.8 Å². The van der Waals surface area contributed by atoms with Crippen molar-refractivity contribution in [3.8, 4) is 5.69 Å². The lowest BCUT2D eigenvalue weighted by molar-refractivity contribution is -0.384. The molecule has 0 saturated carbocycles. The topological polar surface area (TPSA) is 118 Å². The number of non-ortho nitro benzene ring substituents is 1. The van der Waals surface area contributed by atoms with Crippen molar-refractivity contribution in [1.82, 2.24) is 9.47 Å². The fourth-order valence-corrected chi connectivity index (χ4v) is 4.34. The number of carboxylic acids is 1. The molecule has 10 heteroatoms. The van der Waals surface area contributed by atoms with E-state index in [1.165, 1.54) is 36.0 Å². The Morgan fingerprint density at radius 2 is 1.94 bits per heavy atom. The predicted molar refractivity (Wildman–Crippen MR) is 126 cm³/mol. The maximum atomic E-state index is 13.0. The standard InChI is InChI=1S/C23H18N4O5S/c1-2-25-21(28)20(33-23(25)24-16-10-8-15(9-11-16)22(29)30)14-18-7-4-12-26(18)17-5-3-6-19(13-17)27(31)32/h3-14H,2H2,1H3,(H,29,30). The van der Waals surface area contributed by atoms with Gasteiger partial charge in [0.25, 0.3) is 11.6 Å². The molecule has 2 aromatic carbocycles. The monoisotopic (exact) mass is 462 g/mol. The summed E-state index contributed by atoms with van der Waals surface area (Å²) in [5, 5.41) is 20.7. The number of hydrogen-bond acceptors (Lipinski definition) is 6. The highest BCUT2D eigenvalue weighted by molar-refractivity contribution is 8.18. The number of aromatic carboxylic acids is 1. The first-order chi connectivity index (χ1) is 15.9. The Kier molecular flexibility index (Phi) is 6.09. The van der Waals surface area contributed by atoms with Gasteiger partial charge in [-0.15, -0.1) is 0 Å².